The summed E-state index contributed by atoms with van der Waals surface area (Å²) in [6.07, 6.45) is 2.20. The summed E-state index contributed by atoms with van der Waals surface area (Å²) in [5.74, 6) is -1.55. The highest BCUT2D eigenvalue weighted by atomic mass is 16.7. The molecule has 0 amide bonds. The van der Waals surface area contributed by atoms with Gasteiger partial charge in [-0.3, -0.25) is 4.79 Å². The number of carbonyl (C=O) groups excluding carboxylic acids is 2. The monoisotopic (exact) mass is 562 g/mol. The van der Waals surface area contributed by atoms with Gasteiger partial charge in [-0.1, -0.05) is 6.92 Å². The second-order valence-electron chi connectivity index (χ2n) is 13.9. The first-order chi connectivity index (χ1) is 18.9. The number of aliphatic hydroxyl groups is 3. The van der Waals surface area contributed by atoms with Crippen molar-refractivity contribution in [3.05, 3.63) is 11.6 Å². The van der Waals surface area contributed by atoms with Crippen molar-refractivity contribution in [1.29, 1.82) is 0 Å². The molecule has 6 fully saturated rings. The van der Waals surface area contributed by atoms with E-state index in [1.165, 1.54) is 6.08 Å². The van der Waals surface area contributed by atoms with Crippen LogP contribution in [0.15, 0.2) is 11.6 Å². The third-order valence-electron chi connectivity index (χ3n) is 12.4. The van der Waals surface area contributed by atoms with E-state index < -0.39 is 58.5 Å². The van der Waals surface area contributed by atoms with Gasteiger partial charge in [0.05, 0.1) is 29.8 Å². The molecule has 3 heterocycles. The van der Waals surface area contributed by atoms with Crippen molar-refractivity contribution >= 4 is 11.8 Å². The van der Waals surface area contributed by atoms with Crippen LogP contribution < -0.4 is 0 Å². The van der Waals surface area contributed by atoms with Crippen LogP contribution in [0.2, 0.25) is 0 Å². The zero-order chi connectivity index (χ0) is 28.4. The van der Waals surface area contributed by atoms with Crippen LogP contribution in [0, 0.1) is 28.6 Å². The van der Waals surface area contributed by atoms with Gasteiger partial charge in [0.2, 0.25) is 0 Å². The van der Waals surface area contributed by atoms with Crippen LogP contribution in [-0.4, -0.2) is 94.9 Å². The summed E-state index contributed by atoms with van der Waals surface area (Å²) in [6, 6.07) is 0. The lowest BCUT2D eigenvalue weighted by Crippen LogP contribution is -2.75. The van der Waals surface area contributed by atoms with Crippen molar-refractivity contribution in [2.45, 2.75) is 120 Å². The summed E-state index contributed by atoms with van der Waals surface area (Å²) < 4.78 is 29.5. The SMILES string of the molecule is CO[C@H]1C[C@H](O[C@H]2CC[C@@]3(C)[C@@H](C2)C[C@@H]2O[C@]24[C@@H]3[C@@H](O)C(=O)[C@]2(C)[C@@H](C3=CC(=O)OC3)CC[C@]42O)O[C@H](C)[C@H]1O. The number of ketones is 1. The first-order valence-electron chi connectivity index (χ1n) is 14.9. The van der Waals surface area contributed by atoms with Crippen LogP contribution >= 0.6 is 0 Å². The molecule has 10 nitrogen and oxygen atoms in total. The molecule has 222 valence electrons. The zero-order valence-corrected chi connectivity index (χ0v) is 23.7. The predicted molar refractivity (Wildman–Crippen MR) is 138 cm³/mol. The largest absolute Gasteiger partial charge is 0.458 e. The number of cyclic esters (lactones) is 1. The van der Waals surface area contributed by atoms with Crippen LogP contribution in [0.3, 0.4) is 0 Å². The minimum atomic E-state index is -1.44. The Labute approximate surface area is 234 Å². The number of aliphatic hydroxyl groups excluding tert-OH is 2. The quantitative estimate of drug-likeness (QED) is 0.261. The van der Waals surface area contributed by atoms with Crippen LogP contribution in [0.1, 0.15) is 65.7 Å². The number of Topliss-reactive ketones (excluding diaryl/α,β-unsaturated/α-hetero) is 1. The fraction of sp³-hybridized carbons (Fsp3) is 0.867. The molecule has 3 N–H and O–H groups in total. The zero-order valence-electron chi connectivity index (χ0n) is 23.7. The Bertz CT molecular complexity index is 1140. The average Bonchev–Trinajstić information content (AvgIpc) is 3.36. The molecule has 2 saturated heterocycles. The molecule has 1 spiro atoms. The Morgan fingerprint density at radius 3 is 2.55 bits per heavy atom. The molecular formula is C30H42O10. The van der Waals surface area contributed by atoms with E-state index in [0.29, 0.717) is 19.3 Å². The lowest BCUT2D eigenvalue weighted by atomic mass is 9.41. The number of carbonyl (C=O) groups is 2. The van der Waals surface area contributed by atoms with E-state index >= 15 is 0 Å². The number of ether oxygens (including phenoxy) is 5. The Morgan fingerprint density at radius 1 is 1.07 bits per heavy atom. The normalized spacial score (nSPS) is 56.9. The fourth-order valence-corrected chi connectivity index (χ4v) is 10.3. The van der Waals surface area contributed by atoms with Crippen molar-refractivity contribution in [2.75, 3.05) is 13.7 Å². The van der Waals surface area contributed by atoms with Gasteiger partial charge in [0.15, 0.2) is 12.1 Å². The summed E-state index contributed by atoms with van der Waals surface area (Å²) >= 11 is 0. The van der Waals surface area contributed by atoms with Crippen molar-refractivity contribution < 1.29 is 48.6 Å². The minimum absolute atomic E-state index is 0.0678. The first-order valence-corrected chi connectivity index (χ1v) is 14.9. The third kappa shape index (κ3) is 3.30. The van der Waals surface area contributed by atoms with Crippen LogP contribution in [-0.2, 0) is 33.3 Å². The molecule has 10 heteroatoms. The minimum Gasteiger partial charge on any atom is -0.458 e. The first kappa shape index (κ1) is 27.4. The number of methoxy groups -OCH3 is 1. The Kier molecular flexibility index (Phi) is 6.04. The van der Waals surface area contributed by atoms with Gasteiger partial charge in [-0.15, -0.1) is 0 Å². The highest BCUT2D eigenvalue weighted by molar-refractivity contribution is 5.94. The van der Waals surface area contributed by atoms with Crippen LogP contribution in [0.4, 0.5) is 0 Å². The molecule has 40 heavy (non-hydrogen) atoms. The van der Waals surface area contributed by atoms with Gasteiger partial charge in [0.1, 0.15) is 30.0 Å². The van der Waals surface area contributed by atoms with Gasteiger partial charge in [-0.2, -0.15) is 0 Å². The third-order valence-corrected chi connectivity index (χ3v) is 12.4. The number of fused-ring (bicyclic) bond motifs is 3. The maximum absolute atomic E-state index is 14.2. The topological polar surface area (TPSA) is 144 Å². The summed E-state index contributed by atoms with van der Waals surface area (Å²) in [7, 11) is 1.58. The van der Waals surface area contributed by atoms with Gasteiger partial charge in [0.25, 0.3) is 0 Å². The molecule has 7 rings (SSSR count). The van der Waals surface area contributed by atoms with Crippen LogP contribution in [0.25, 0.3) is 0 Å². The van der Waals surface area contributed by atoms with Crippen molar-refractivity contribution in [1.82, 2.24) is 0 Å². The highest BCUT2D eigenvalue weighted by Crippen LogP contribution is 2.76. The lowest BCUT2D eigenvalue weighted by molar-refractivity contribution is -0.273. The van der Waals surface area contributed by atoms with Crippen molar-refractivity contribution in [2.24, 2.45) is 28.6 Å². The van der Waals surface area contributed by atoms with Crippen LogP contribution in [0.5, 0.6) is 0 Å². The second-order valence-corrected chi connectivity index (χ2v) is 13.9. The molecule has 4 saturated carbocycles. The second kappa shape index (κ2) is 8.81. The summed E-state index contributed by atoms with van der Waals surface area (Å²) in [5, 5.41) is 34.7. The molecule has 4 aliphatic carbocycles. The van der Waals surface area contributed by atoms with E-state index in [1.54, 1.807) is 14.0 Å². The maximum Gasteiger partial charge on any atom is 0.331 e. The average molecular weight is 563 g/mol. The molecule has 0 aromatic rings. The van der Waals surface area contributed by atoms with E-state index in [9.17, 15) is 24.9 Å². The summed E-state index contributed by atoms with van der Waals surface area (Å²) in [5.41, 5.74) is -3.40. The molecule has 0 bridgehead atoms. The number of hydrogen-bond acceptors (Lipinski definition) is 10. The molecule has 0 aromatic carbocycles. The fourth-order valence-electron chi connectivity index (χ4n) is 10.3. The van der Waals surface area contributed by atoms with Gasteiger partial charge in [-0.25, -0.2) is 4.79 Å². The predicted octanol–water partition coefficient (Wildman–Crippen LogP) is 1.42. The Balaban J connectivity index is 1.14. The van der Waals surface area contributed by atoms with E-state index in [2.05, 4.69) is 6.92 Å². The molecule has 0 aromatic heterocycles. The number of hydrogen-bond donors (Lipinski definition) is 3. The molecule has 7 aliphatic rings. The van der Waals surface area contributed by atoms with Gasteiger partial charge < -0.3 is 39.0 Å². The molecular weight excluding hydrogens is 520 g/mol. The number of esters is 1. The van der Waals surface area contributed by atoms with E-state index in [4.69, 9.17) is 23.7 Å². The summed E-state index contributed by atoms with van der Waals surface area (Å²) in [4.78, 5) is 26.0. The summed E-state index contributed by atoms with van der Waals surface area (Å²) in [6.45, 7) is 5.85. The van der Waals surface area contributed by atoms with Crippen molar-refractivity contribution in [3.8, 4) is 0 Å². The number of epoxide rings is 1. The van der Waals surface area contributed by atoms with E-state index in [-0.39, 0.29) is 42.5 Å². The lowest BCUT2D eigenvalue weighted by Gasteiger charge is -2.62. The van der Waals surface area contributed by atoms with Crippen molar-refractivity contribution in [3.63, 3.8) is 0 Å². The number of rotatable bonds is 4. The molecule has 0 radical (unpaired) electrons. The molecule has 3 aliphatic heterocycles. The Morgan fingerprint density at radius 2 is 1.85 bits per heavy atom. The molecule has 14 atom stereocenters. The van der Waals surface area contributed by atoms with E-state index in [1.807, 2.05) is 6.92 Å². The highest BCUT2D eigenvalue weighted by Gasteiger charge is 2.88. The molecule has 0 unspecified atom stereocenters. The van der Waals surface area contributed by atoms with Gasteiger partial charge in [-0.05, 0) is 75.2 Å². The van der Waals surface area contributed by atoms with Gasteiger partial charge in [0, 0.05) is 25.5 Å². The van der Waals surface area contributed by atoms with Gasteiger partial charge >= 0.3 is 5.97 Å². The smallest absolute Gasteiger partial charge is 0.331 e. The van der Waals surface area contributed by atoms with E-state index in [0.717, 1.165) is 31.3 Å². The Hall–Kier alpha value is -1.40. The maximum atomic E-state index is 14.2. The standard InChI is InChI=1S/C30H42O10/c1-14-23(32)19(36-4)12-22(38-14)39-17-5-7-27(2)16(10-17)11-20-30(40-20)25(27)24(33)26(34)28(3)18(6-8-29(28,30)35)15-9-21(31)37-13-15/h9,14,16-20,22-25,32-33,35H,5-8,10-13H2,1-4H3/t14-,16+,17+,18-,19+,20+,22+,23-,24-,25-,27+,28+,29-,30+/m1/s1.